The van der Waals surface area contributed by atoms with E-state index in [1.54, 1.807) is 36.1 Å². The topological polar surface area (TPSA) is 64.4 Å². The maximum atomic E-state index is 13.1. The van der Waals surface area contributed by atoms with Crippen molar-refractivity contribution in [1.82, 2.24) is 13.9 Å². The molecule has 1 aliphatic rings. The van der Waals surface area contributed by atoms with Crippen LogP contribution in [0.3, 0.4) is 0 Å². The average Bonchev–Trinajstić information content (AvgIpc) is 2.86. The van der Waals surface area contributed by atoms with Gasteiger partial charge in [-0.05, 0) is 18.6 Å². The molecule has 0 bridgehead atoms. The van der Waals surface area contributed by atoms with Crippen molar-refractivity contribution in [2.75, 3.05) is 20.3 Å². The molecule has 0 fully saturated rings. The first-order chi connectivity index (χ1) is 11.0. The molecule has 1 aromatic carbocycles. The number of benzene rings is 1. The molecule has 124 valence electrons. The summed E-state index contributed by atoms with van der Waals surface area (Å²) in [5, 5.41) is 0. The number of ether oxygens (including phenoxy) is 1. The fourth-order valence-corrected chi connectivity index (χ4v) is 4.74. The molecule has 1 atom stereocenters. The fourth-order valence-electron chi connectivity index (χ4n) is 3.02. The van der Waals surface area contributed by atoms with Gasteiger partial charge in [-0.2, -0.15) is 4.31 Å². The molecule has 1 aliphatic heterocycles. The summed E-state index contributed by atoms with van der Waals surface area (Å²) in [7, 11) is -1.91. The Morgan fingerprint density at radius 3 is 2.83 bits per heavy atom. The number of imidazole rings is 1. The molecular weight excluding hydrogens is 314 g/mol. The molecule has 3 rings (SSSR count). The van der Waals surface area contributed by atoms with Gasteiger partial charge < -0.3 is 9.30 Å². The highest BCUT2D eigenvalue weighted by atomic mass is 32.2. The second kappa shape index (κ2) is 6.43. The van der Waals surface area contributed by atoms with Crippen molar-refractivity contribution in [1.29, 1.82) is 0 Å². The van der Waals surface area contributed by atoms with Crippen molar-refractivity contribution in [3.05, 3.63) is 48.0 Å². The quantitative estimate of drug-likeness (QED) is 0.852. The number of rotatable bonds is 4. The van der Waals surface area contributed by atoms with Crippen LogP contribution in [-0.4, -0.2) is 42.5 Å². The van der Waals surface area contributed by atoms with E-state index in [0.717, 1.165) is 11.3 Å². The highest BCUT2D eigenvalue weighted by molar-refractivity contribution is 7.89. The first kappa shape index (κ1) is 16.2. The van der Waals surface area contributed by atoms with Crippen LogP contribution >= 0.6 is 0 Å². The summed E-state index contributed by atoms with van der Waals surface area (Å²) in [5.41, 5.74) is 1.66. The van der Waals surface area contributed by atoms with Gasteiger partial charge in [-0.1, -0.05) is 18.2 Å². The van der Waals surface area contributed by atoms with E-state index in [9.17, 15) is 8.42 Å². The summed E-state index contributed by atoms with van der Waals surface area (Å²) >= 11 is 0. The van der Waals surface area contributed by atoms with Gasteiger partial charge in [0, 0.05) is 32.3 Å². The Morgan fingerprint density at radius 2 is 2.09 bits per heavy atom. The summed E-state index contributed by atoms with van der Waals surface area (Å²) in [5.74, 6) is 0.0919. The Balaban J connectivity index is 1.99. The van der Waals surface area contributed by atoms with E-state index in [4.69, 9.17) is 4.74 Å². The highest BCUT2D eigenvalue weighted by Gasteiger charge is 2.31. The third-order valence-electron chi connectivity index (χ3n) is 4.17. The van der Waals surface area contributed by atoms with Gasteiger partial charge in [0.2, 0.25) is 10.0 Å². The van der Waals surface area contributed by atoms with Gasteiger partial charge in [-0.15, -0.1) is 0 Å². The number of sulfonamides is 1. The maximum Gasteiger partial charge on any atom is 0.243 e. The summed E-state index contributed by atoms with van der Waals surface area (Å²) in [6.45, 7) is 3.81. The summed E-state index contributed by atoms with van der Waals surface area (Å²) in [4.78, 5) is 4.51. The monoisotopic (exact) mass is 335 g/mol. The van der Waals surface area contributed by atoms with Gasteiger partial charge in [-0.25, -0.2) is 13.4 Å². The SMILES string of the molecule is COC[C@@H]1CN(S(=O)(=O)c2ccccc2C)Cc2cncn2C1. The average molecular weight is 335 g/mol. The lowest BCUT2D eigenvalue weighted by Gasteiger charge is -2.24. The van der Waals surface area contributed by atoms with E-state index in [0.29, 0.717) is 31.1 Å². The predicted octanol–water partition coefficient (Wildman–Crippen LogP) is 1.66. The van der Waals surface area contributed by atoms with Gasteiger partial charge in [0.15, 0.2) is 0 Å². The Bertz CT molecular complexity index is 785. The lowest BCUT2D eigenvalue weighted by atomic mass is 10.1. The van der Waals surface area contributed by atoms with Crippen molar-refractivity contribution >= 4 is 10.0 Å². The Kier molecular flexibility index (Phi) is 4.52. The number of aromatic nitrogens is 2. The van der Waals surface area contributed by atoms with E-state index in [1.807, 2.05) is 23.6 Å². The molecule has 0 radical (unpaired) electrons. The number of aryl methyl sites for hydroxylation is 1. The van der Waals surface area contributed by atoms with Crippen LogP contribution in [0.15, 0.2) is 41.7 Å². The summed E-state index contributed by atoms with van der Waals surface area (Å²) in [6, 6.07) is 7.09. The van der Waals surface area contributed by atoms with Crippen LogP contribution in [0.1, 0.15) is 11.3 Å². The van der Waals surface area contributed by atoms with Crippen LogP contribution in [0.25, 0.3) is 0 Å². The van der Waals surface area contributed by atoms with Crippen LogP contribution in [0.2, 0.25) is 0 Å². The van der Waals surface area contributed by atoms with E-state index in [1.165, 1.54) is 0 Å². The normalized spacial score (nSPS) is 19.3. The minimum absolute atomic E-state index is 0.0919. The van der Waals surface area contributed by atoms with Crippen molar-refractivity contribution in [2.24, 2.45) is 5.92 Å². The van der Waals surface area contributed by atoms with E-state index < -0.39 is 10.0 Å². The van der Waals surface area contributed by atoms with Crippen LogP contribution < -0.4 is 0 Å². The van der Waals surface area contributed by atoms with Crippen LogP contribution in [0.4, 0.5) is 0 Å². The zero-order chi connectivity index (χ0) is 16.4. The Hall–Kier alpha value is -1.70. The van der Waals surface area contributed by atoms with Gasteiger partial charge in [0.05, 0.1) is 30.1 Å². The van der Waals surface area contributed by atoms with E-state index >= 15 is 0 Å². The van der Waals surface area contributed by atoms with Crippen molar-refractivity contribution < 1.29 is 13.2 Å². The third-order valence-corrected chi connectivity index (χ3v) is 6.14. The Morgan fingerprint density at radius 1 is 1.30 bits per heavy atom. The molecule has 2 aromatic rings. The third kappa shape index (κ3) is 3.17. The van der Waals surface area contributed by atoms with Crippen LogP contribution in [-0.2, 0) is 27.8 Å². The molecule has 0 aliphatic carbocycles. The van der Waals surface area contributed by atoms with Crippen molar-refractivity contribution in [2.45, 2.75) is 24.9 Å². The highest BCUT2D eigenvalue weighted by Crippen LogP contribution is 2.25. The zero-order valence-electron chi connectivity index (χ0n) is 13.3. The smallest absolute Gasteiger partial charge is 0.243 e. The molecule has 2 heterocycles. The summed E-state index contributed by atoms with van der Waals surface area (Å²) in [6.07, 6.45) is 3.48. The minimum atomic E-state index is -3.55. The molecule has 1 aromatic heterocycles. The molecule has 7 heteroatoms. The number of methoxy groups -OCH3 is 1. The van der Waals surface area contributed by atoms with Crippen molar-refractivity contribution in [3.8, 4) is 0 Å². The molecule has 6 nitrogen and oxygen atoms in total. The van der Waals surface area contributed by atoms with Crippen molar-refractivity contribution in [3.63, 3.8) is 0 Å². The number of fused-ring (bicyclic) bond motifs is 1. The fraction of sp³-hybridized carbons (Fsp3) is 0.438. The minimum Gasteiger partial charge on any atom is -0.384 e. The van der Waals surface area contributed by atoms with Gasteiger partial charge in [0.25, 0.3) is 0 Å². The Labute approximate surface area is 136 Å². The second-order valence-electron chi connectivity index (χ2n) is 5.92. The number of hydrogen-bond donors (Lipinski definition) is 0. The molecule has 0 N–H and O–H groups in total. The number of nitrogens with zero attached hydrogens (tertiary/aromatic N) is 3. The van der Waals surface area contributed by atoms with Gasteiger partial charge in [-0.3, -0.25) is 0 Å². The van der Waals surface area contributed by atoms with Crippen LogP contribution in [0.5, 0.6) is 0 Å². The first-order valence-corrected chi connectivity index (χ1v) is 9.00. The maximum absolute atomic E-state index is 13.1. The van der Waals surface area contributed by atoms with E-state index in [2.05, 4.69) is 4.98 Å². The summed E-state index contributed by atoms with van der Waals surface area (Å²) < 4.78 is 35.0. The molecule has 0 saturated carbocycles. The lowest BCUT2D eigenvalue weighted by Crippen LogP contribution is -2.35. The lowest BCUT2D eigenvalue weighted by molar-refractivity contribution is 0.134. The molecule has 23 heavy (non-hydrogen) atoms. The molecule has 0 unspecified atom stereocenters. The molecule has 0 amide bonds. The molecule has 0 saturated heterocycles. The largest absolute Gasteiger partial charge is 0.384 e. The van der Waals surface area contributed by atoms with Crippen LogP contribution in [0, 0.1) is 12.8 Å². The molecule has 0 spiro atoms. The molecular formula is C16H21N3O3S. The van der Waals surface area contributed by atoms with Gasteiger partial charge in [0.1, 0.15) is 0 Å². The number of hydrogen-bond acceptors (Lipinski definition) is 4. The standard InChI is InChI=1S/C16H21N3O3S/c1-13-5-3-4-6-16(13)23(20,21)19-9-14(11-22-2)8-18-12-17-7-15(18)10-19/h3-7,12,14H,8-11H2,1-2H3/t14-/m0/s1. The predicted molar refractivity (Wildman–Crippen MR) is 86.4 cm³/mol. The first-order valence-electron chi connectivity index (χ1n) is 7.56. The second-order valence-corrected chi connectivity index (χ2v) is 7.83. The van der Waals surface area contributed by atoms with E-state index in [-0.39, 0.29) is 5.92 Å². The van der Waals surface area contributed by atoms with Gasteiger partial charge >= 0.3 is 0 Å². The zero-order valence-corrected chi connectivity index (χ0v) is 14.2.